The molecule has 0 unspecified atom stereocenters. The van der Waals surface area contributed by atoms with Crippen molar-refractivity contribution in [3.05, 3.63) is 59.7 Å². The van der Waals surface area contributed by atoms with E-state index in [1.54, 1.807) is 31.4 Å². The summed E-state index contributed by atoms with van der Waals surface area (Å²) in [6, 6.07) is 16.6. The normalized spacial score (nSPS) is 9.82. The Bertz CT molecular complexity index is 692. The van der Waals surface area contributed by atoms with Crippen LogP contribution in [0.2, 0.25) is 0 Å². The number of hydrogen-bond acceptors (Lipinski definition) is 4. The number of carbonyl (C=O) groups is 1. The SMILES string of the molecule is COc1ccccc1CNCC(=O)Nc1ccccc1C#N. The number of carbonyl (C=O) groups excluding carboxylic acids is 1. The van der Waals surface area contributed by atoms with Crippen molar-refractivity contribution < 1.29 is 9.53 Å². The molecule has 2 aromatic carbocycles. The molecule has 0 heterocycles. The Hall–Kier alpha value is -2.84. The first-order chi connectivity index (χ1) is 10.7. The Morgan fingerprint density at radius 3 is 2.68 bits per heavy atom. The van der Waals surface area contributed by atoms with E-state index in [1.807, 2.05) is 30.3 Å². The molecule has 5 heteroatoms. The van der Waals surface area contributed by atoms with Gasteiger partial charge < -0.3 is 15.4 Å². The minimum atomic E-state index is -0.197. The van der Waals surface area contributed by atoms with Gasteiger partial charge in [0, 0.05) is 12.1 Å². The molecule has 0 aliphatic carbocycles. The van der Waals surface area contributed by atoms with E-state index in [1.165, 1.54) is 0 Å². The molecule has 0 fully saturated rings. The second-order valence-corrected chi connectivity index (χ2v) is 4.62. The molecular weight excluding hydrogens is 278 g/mol. The van der Waals surface area contributed by atoms with Gasteiger partial charge in [-0.15, -0.1) is 0 Å². The fourth-order valence-electron chi connectivity index (χ4n) is 2.04. The van der Waals surface area contributed by atoms with E-state index in [0.29, 0.717) is 17.8 Å². The number of methoxy groups -OCH3 is 1. The molecule has 0 aliphatic rings. The van der Waals surface area contributed by atoms with Crippen LogP contribution >= 0.6 is 0 Å². The minimum absolute atomic E-state index is 0.151. The summed E-state index contributed by atoms with van der Waals surface area (Å²) in [4.78, 5) is 11.9. The Morgan fingerprint density at radius 2 is 1.91 bits per heavy atom. The lowest BCUT2D eigenvalue weighted by Gasteiger charge is -2.10. The predicted molar refractivity (Wildman–Crippen MR) is 84.5 cm³/mol. The molecule has 2 aromatic rings. The molecule has 22 heavy (non-hydrogen) atoms. The molecule has 5 nitrogen and oxygen atoms in total. The number of amides is 1. The lowest BCUT2D eigenvalue weighted by atomic mass is 10.2. The zero-order valence-corrected chi connectivity index (χ0v) is 12.3. The van der Waals surface area contributed by atoms with E-state index in [2.05, 4.69) is 10.6 Å². The number of nitriles is 1. The maximum atomic E-state index is 11.9. The van der Waals surface area contributed by atoms with Crippen molar-refractivity contribution in [1.82, 2.24) is 5.32 Å². The molecule has 0 aliphatic heterocycles. The minimum Gasteiger partial charge on any atom is -0.496 e. The maximum absolute atomic E-state index is 11.9. The number of hydrogen-bond donors (Lipinski definition) is 2. The van der Waals surface area contributed by atoms with Crippen LogP contribution < -0.4 is 15.4 Å². The van der Waals surface area contributed by atoms with Crippen molar-refractivity contribution in [3.63, 3.8) is 0 Å². The predicted octanol–water partition coefficient (Wildman–Crippen LogP) is 2.30. The van der Waals surface area contributed by atoms with Crippen LogP contribution in [0.3, 0.4) is 0 Å². The summed E-state index contributed by atoms with van der Waals surface area (Å²) < 4.78 is 5.25. The molecule has 0 radical (unpaired) electrons. The van der Waals surface area contributed by atoms with E-state index in [4.69, 9.17) is 10.00 Å². The number of anilines is 1. The largest absolute Gasteiger partial charge is 0.496 e. The van der Waals surface area contributed by atoms with Crippen LogP contribution in [0, 0.1) is 11.3 Å². The zero-order valence-electron chi connectivity index (χ0n) is 12.3. The van der Waals surface area contributed by atoms with Crippen LogP contribution in [0.5, 0.6) is 5.75 Å². The first-order valence-corrected chi connectivity index (χ1v) is 6.86. The highest BCUT2D eigenvalue weighted by atomic mass is 16.5. The smallest absolute Gasteiger partial charge is 0.238 e. The number of rotatable bonds is 6. The number of ether oxygens (including phenoxy) is 1. The second-order valence-electron chi connectivity index (χ2n) is 4.62. The molecule has 0 atom stereocenters. The average Bonchev–Trinajstić information content (AvgIpc) is 2.55. The number of para-hydroxylation sites is 2. The third-order valence-electron chi connectivity index (χ3n) is 3.12. The number of benzene rings is 2. The Labute approximate surface area is 129 Å². The van der Waals surface area contributed by atoms with Crippen molar-refractivity contribution in [2.75, 3.05) is 19.0 Å². The van der Waals surface area contributed by atoms with Crippen molar-refractivity contribution >= 4 is 11.6 Å². The molecule has 2 rings (SSSR count). The summed E-state index contributed by atoms with van der Waals surface area (Å²) in [6.07, 6.45) is 0. The van der Waals surface area contributed by atoms with E-state index in [9.17, 15) is 4.79 Å². The average molecular weight is 295 g/mol. The monoisotopic (exact) mass is 295 g/mol. The third kappa shape index (κ3) is 4.08. The van der Waals surface area contributed by atoms with Gasteiger partial charge in [-0.1, -0.05) is 30.3 Å². The molecular formula is C17H17N3O2. The standard InChI is InChI=1S/C17H17N3O2/c1-22-16-9-5-3-7-14(16)11-19-12-17(21)20-15-8-4-2-6-13(15)10-18/h2-9,19H,11-12H2,1H3,(H,20,21). The van der Waals surface area contributed by atoms with Gasteiger partial charge in [0.15, 0.2) is 0 Å². The fourth-order valence-corrected chi connectivity index (χ4v) is 2.04. The zero-order chi connectivity index (χ0) is 15.8. The van der Waals surface area contributed by atoms with Gasteiger partial charge in [-0.05, 0) is 18.2 Å². The highest BCUT2D eigenvalue weighted by Crippen LogP contribution is 2.16. The van der Waals surface area contributed by atoms with Crippen LogP contribution in [-0.4, -0.2) is 19.6 Å². The topological polar surface area (TPSA) is 74.2 Å². The molecule has 112 valence electrons. The van der Waals surface area contributed by atoms with Crippen LogP contribution in [-0.2, 0) is 11.3 Å². The van der Waals surface area contributed by atoms with Gasteiger partial charge in [-0.3, -0.25) is 4.79 Å². The maximum Gasteiger partial charge on any atom is 0.238 e. The van der Waals surface area contributed by atoms with Crippen molar-refractivity contribution in [3.8, 4) is 11.8 Å². The van der Waals surface area contributed by atoms with Crippen LogP contribution in [0.25, 0.3) is 0 Å². The first kappa shape index (κ1) is 15.5. The lowest BCUT2D eigenvalue weighted by molar-refractivity contribution is -0.115. The number of nitrogens with zero attached hydrogens (tertiary/aromatic N) is 1. The Balaban J connectivity index is 1.87. The van der Waals surface area contributed by atoms with Crippen LogP contribution in [0.4, 0.5) is 5.69 Å². The van der Waals surface area contributed by atoms with E-state index >= 15 is 0 Å². The summed E-state index contributed by atoms with van der Waals surface area (Å²) in [6.45, 7) is 0.676. The highest BCUT2D eigenvalue weighted by Gasteiger charge is 2.07. The van der Waals surface area contributed by atoms with E-state index in [-0.39, 0.29) is 12.5 Å². The van der Waals surface area contributed by atoms with Gasteiger partial charge >= 0.3 is 0 Å². The quantitative estimate of drug-likeness (QED) is 0.857. The van der Waals surface area contributed by atoms with Gasteiger partial charge in [0.2, 0.25) is 5.91 Å². The summed E-state index contributed by atoms with van der Waals surface area (Å²) in [5.41, 5.74) is 1.95. The molecule has 0 bridgehead atoms. The van der Waals surface area contributed by atoms with Gasteiger partial charge in [0.25, 0.3) is 0 Å². The highest BCUT2D eigenvalue weighted by molar-refractivity contribution is 5.93. The Morgan fingerprint density at radius 1 is 1.18 bits per heavy atom. The molecule has 0 saturated heterocycles. The molecule has 0 saturated carbocycles. The van der Waals surface area contributed by atoms with Crippen LogP contribution in [0.15, 0.2) is 48.5 Å². The summed E-state index contributed by atoms with van der Waals surface area (Å²) in [7, 11) is 1.62. The first-order valence-electron chi connectivity index (χ1n) is 6.86. The third-order valence-corrected chi connectivity index (χ3v) is 3.12. The van der Waals surface area contributed by atoms with Gasteiger partial charge in [0.05, 0.1) is 24.9 Å². The molecule has 0 spiro atoms. The van der Waals surface area contributed by atoms with E-state index in [0.717, 1.165) is 11.3 Å². The molecule has 0 aromatic heterocycles. The van der Waals surface area contributed by atoms with E-state index < -0.39 is 0 Å². The molecule has 1 amide bonds. The van der Waals surface area contributed by atoms with Crippen molar-refractivity contribution in [1.29, 1.82) is 5.26 Å². The molecule has 2 N–H and O–H groups in total. The number of nitrogens with one attached hydrogen (secondary N) is 2. The van der Waals surface area contributed by atoms with Gasteiger partial charge in [-0.25, -0.2) is 0 Å². The van der Waals surface area contributed by atoms with Crippen molar-refractivity contribution in [2.45, 2.75) is 6.54 Å². The Kier molecular flexibility index (Phi) is 5.52. The van der Waals surface area contributed by atoms with Crippen LogP contribution in [0.1, 0.15) is 11.1 Å². The van der Waals surface area contributed by atoms with Gasteiger partial charge in [-0.2, -0.15) is 5.26 Å². The summed E-state index contributed by atoms with van der Waals surface area (Å²) >= 11 is 0. The summed E-state index contributed by atoms with van der Waals surface area (Å²) in [5.74, 6) is 0.586. The van der Waals surface area contributed by atoms with Gasteiger partial charge in [0.1, 0.15) is 11.8 Å². The fraction of sp³-hybridized carbons (Fsp3) is 0.176. The second kappa shape index (κ2) is 7.81. The van der Waals surface area contributed by atoms with Crippen molar-refractivity contribution in [2.24, 2.45) is 0 Å². The summed E-state index contributed by atoms with van der Waals surface area (Å²) in [5, 5.41) is 14.8. The lowest BCUT2D eigenvalue weighted by Crippen LogP contribution is -2.28.